The van der Waals surface area contributed by atoms with Crippen molar-refractivity contribution in [2.24, 2.45) is 0 Å². The van der Waals surface area contributed by atoms with Crippen LogP contribution in [0.3, 0.4) is 0 Å². The third kappa shape index (κ3) is 4.08. The molecule has 18 heavy (non-hydrogen) atoms. The molecule has 1 aromatic rings. The standard InChI is InChI=1S/C13H16BrNO3/c14-12-3-1-11(2-4-12)13(16)18-10-7-15-5-8-17-9-6-15/h1-4H,5-10H2. The largest absolute Gasteiger partial charge is 0.461 e. The van der Waals surface area contributed by atoms with Crippen LogP contribution in [0.5, 0.6) is 0 Å². The van der Waals surface area contributed by atoms with Gasteiger partial charge in [0.2, 0.25) is 0 Å². The maximum Gasteiger partial charge on any atom is 0.338 e. The number of nitrogens with zero attached hydrogens (tertiary/aromatic N) is 1. The smallest absolute Gasteiger partial charge is 0.338 e. The molecule has 2 rings (SSSR count). The second-order valence-corrected chi connectivity index (χ2v) is 5.01. The number of rotatable bonds is 4. The molecule has 4 nitrogen and oxygen atoms in total. The van der Waals surface area contributed by atoms with Crippen molar-refractivity contribution in [3.63, 3.8) is 0 Å². The van der Waals surface area contributed by atoms with Gasteiger partial charge in [0.05, 0.1) is 18.8 Å². The molecule has 0 saturated carbocycles. The van der Waals surface area contributed by atoms with Crippen LogP contribution in [-0.4, -0.2) is 50.3 Å². The zero-order chi connectivity index (χ0) is 12.8. The SMILES string of the molecule is O=C(OCCN1CCOCC1)c1ccc(Br)cc1. The number of hydrogen-bond donors (Lipinski definition) is 0. The number of morpholine rings is 1. The molecule has 0 unspecified atom stereocenters. The predicted octanol–water partition coefficient (Wildman–Crippen LogP) is 1.94. The summed E-state index contributed by atoms with van der Waals surface area (Å²) in [4.78, 5) is 14.0. The molecule has 0 bridgehead atoms. The normalized spacial score (nSPS) is 16.5. The molecule has 5 heteroatoms. The van der Waals surface area contributed by atoms with Crippen LogP contribution < -0.4 is 0 Å². The van der Waals surface area contributed by atoms with Gasteiger partial charge in [0.15, 0.2) is 0 Å². The predicted molar refractivity (Wildman–Crippen MR) is 71.7 cm³/mol. The van der Waals surface area contributed by atoms with E-state index in [0.717, 1.165) is 37.3 Å². The van der Waals surface area contributed by atoms with E-state index >= 15 is 0 Å². The minimum atomic E-state index is -0.268. The summed E-state index contributed by atoms with van der Waals surface area (Å²) in [7, 11) is 0. The summed E-state index contributed by atoms with van der Waals surface area (Å²) in [5.74, 6) is -0.268. The lowest BCUT2D eigenvalue weighted by molar-refractivity contribution is 0.0195. The number of esters is 1. The number of benzene rings is 1. The molecule has 1 heterocycles. The van der Waals surface area contributed by atoms with E-state index in [4.69, 9.17) is 9.47 Å². The fraction of sp³-hybridized carbons (Fsp3) is 0.462. The summed E-state index contributed by atoms with van der Waals surface area (Å²) < 4.78 is 11.4. The van der Waals surface area contributed by atoms with E-state index in [0.29, 0.717) is 12.2 Å². The molecule has 0 spiro atoms. The van der Waals surface area contributed by atoms with Crippen LogP contribution in [0.4, 0.5) is 0 Å². The van der Waals surface area contributed by atoms with E-state index in [2.05, 4.69) is 20.8 Å². The molecular weight excluding hydrogens is 298 g/mol. The Morgan fingerprint density at radius 2 is 1.94 bits per heavy atom. The second-order valence-electron chi connectivity index (χ2n) is 4.10. The first-order valence-electron chi connectivity index (χ1n) is 5.98. The number of halogens is 1. The van der Waals surface area contributed by atoms with Crippen LogP contribution in [0.1, 0.15) is 10.4 Å². The molecule has 1 aromatic carbocycles. The van der Waals surface area contributed by atoms with E-state index in [-0.39, 0.29) is 5.97 Å². The molecule has 0 aliphatic carbocycles. The molecule has 0 amide bonds. The lowest BCUT2D eigenvalue weighted by Gasteiger charge is -2.26. The van der Waals surface area contributed by atoms with E-state index in [1.165, 1.54) is 0 Å². The maximum absolute atomic E-state index is 11.7. The fourth-order valence-electron chi connectivity index (χ4n) is 1.76. The lowest BCUT2D eigenvalue weighted by atomic mass is 10.2. The van der Waals surface area contributed by atoms with Gasteiger partial charge in [0, 0.05) is 24.1 Å². The van der Waals surface area contributed by atoms with Crippen LogP contribution in [0.2, 0.25) is 0 Å². The lowest BCUT2D eigenvalue weighted by Crippen LogP contribution is -2.38. The van der Waals surface area contributed by atoms with Crippen molar-refractivity contribution in [3.8, 4) is 0 Å². The summed E-state index contributed by atoms with van der Waals surface area (Å²) in [6, 6.07) is 7.17. The number of carbonyl (C=O) groups excluding carboxylic acids is 1. The quantitative estimate of drug-likeness (QED) is 0.796. The first-order chi connectivity index (χ1) is 8.75. The zero-order valence-electron chi connectivity index (χ0n) is 10.1. The average molecular weight is 314 g/mol. The maximum atomic E-state index is 11.7. The monoisotopic (exact) mass is 313 g/mol. The molecule has 0 N–H and O–H groups in total. The Kier molecular flexibility index (Phi) is 5.16. The van der Waals surface area contributed by atoms with Crippen LogP contribution in [0.15, 0.2) is 28.7 Å². The van der Waals surface area contributed by atoms with Gasteiger partial charge in [-0.25, -0.2) is 4.79 Å². The van der Waals surface area contributed by atoms with E-state index in [9.17, 15) is 4.79 Å². The Balaban J connectivity index is 1.72. The number of carbonyl (C=O) groups is 1. The van der Waals surface area contributed by atoms with Gasteiger partial charge in [0.1, 0.15) is 6.61 Å². The van der Waals surface area contributed by atoms with Crippen molar-refractivity contribution in [1.82, 2.24) is 4.90 Å². The zero-order valence-corrected chi connectivity index (χ0v) is 11.7. The fourth-order valence-corrected chi connectivity index (χ4v) is 2.03. The highest BCUT2D eigenvalue weighted by molar-refractivity contribution is 9.10. The van der Waals surface area contributed by atoms with Gasteiger partial charge in [-0.15, -0.1) is 0 Å². The van der Waals surface area contributed by atoms with E-state index in [1.54, 1.807) is 12.1 Å². The van der Waals surface area contributed by atoms with Gasteiger partial charge < -0.3 is 9.47 Å². The number of hydrogen-bond acceptors (Lipinski definition) is 4. The summed E-state index contributed by atoms with van der Waals surface area (Å²) in [5, 5.41) is 0. The van der Waals surface area contributed by atoms with Gasteiger partial charge >= 0.3 is 5.97 Å². The molecule has 1 saturated heterocycles. The highest BCUT2D eigenvalue weighted by Crippen LogP contribution is 2.11. The van der Waals surface area contributed by atoms with Gasteiger partial charge in [0.25, 0.3) is 0 Å². The topological polar surface area (TPSA) is 38.8 Å². The summed E-state index contributed by atoms with van der Waals surface area (Å²) in [6.07, 6.45) is 0. The van der Waals surface area contributed by atoms with E-state index in [1.807, 2.05) is 12.1 Å². The molecule has 0 atom stereocenters. The Hall–Kier alpha value is -0.910. The van der Waals surface area contributed by atoms with Crippen molar-refractivity contribution < 1.29 is 14.3 Å². The van der Waals surface area contributed by atoms with Crippen LogP contribution in [0, 0.1) is 0 Å². The highest BCUT2D eigenvalue weighted by Gasteiger charge is 2.11. The minimum absolute atomic E-state index is 0.268. The second kappa shape index (κ2) is 6.87. The summed E-state index contributed by atoms with van der Waals surface area (Å²) in [5.41, 5.74) is 0.583. The first kappa shape index (κ1) is 13.5. The third-order valence-electron chi connectivity index (χ3n) is 2.82. The van der Waals surface area contributed by atoms with Gasteiger partial charge in [-0.2, -0.15) is 0 Å². The average Bonchev–Trinajstić information content (AvgIpc) is 2.40. The van der Waals surface area contributed by atoms with Crippen molar-refractivity contribution in [3.05, 3.63) is 34.3 Å². The Morgan fingerprint density at radius 1 is 1.28 bits per heavy atom. The van der Waals surface area contributed by atoms with E-state index < -0.39 is 0 Å². The molecule has 0 radical (unpaired) electrons. The van der Waals surface area contributed by atoms with Crippen LogP contribution in [0.25, 0.3) is 0 Å². The Bertz CT molecular complexity index is 388. The van der Waals surface area contributed by atoms with Gasteiger partial charge in [-0.05, 0) is 24.3 Å². The molecular formula is C13H16BrNO3. The molecule has 98 valence electrons. The molecule has 1 fully saturated rings. The van der Waals surface area contributed by atoms with Crippen LogP contribution >= 0.6 is 15.9 Å². The highest BCUT2D eigenvalue weighted by atomic mass is 79.9. The summed E-state index contributed by atoms with van der Waals surface area (Å²) in [6.45, 7) is 4.55. The van der Waals surface area contributed by atoms with Crippen molar-refractivity contribution in [1.29, 1.82) is 0 Å². The van der Waals surface area contributed by atoms with Crippen molar-refractivity contribution in [2.75, 3.05) is 39.5 Å². The minimum Gasteiger partial charge on any atom is -0.461 e. The molecule has 1 aliphatic rings. The third-order valence-corrected chi connectivity index (χ3v) is 3.35. The van der Waals surface area contributed by atoms with Crippen molar-refractivity contribution in [2.45, 2.75) is 0 Å². The van der Waals surface area contributed by atoms with Crippen LogP contribution in [-0.2, 0) is 9.47 Å². The molecule has 0 aromatic heterocycles. The summed E-state index contributed by atoms with van der Waals surface area (Å²) >= 11 is 3.33. The van der Waals surface area contributed by atoms with Gasteiger partial charge in [-0.3, -0.25) is 4.90 Å². The Labute approximate surface area is 115 Å². The van der Waals surface area contributed by atoms with Crippen molar-refractivity contribution >= 4 is 21.9 Å². The number of ether oxygens (including phenoxy) is 2. The van der Waals surface area contributed by atoms with Gasteiger partial charge in [-0.1, -0.05) is 15.9 Å². The molecule has 1 aliphatic heterocycles. The Morgan fingerprint density at radius 3 is 2.61 bits per heavy atom. The first-order valence-corrected chi connectivity index (χ1v) is 6.78.